The molecule has 3 aromatic carbocycles. The molecule has 0 atom stereocenters. The molecule has 0 amide bonds. The molecule has 0 spiro atoms. The molecule has 0 radical (unpaired) electrons. The minimum atomic E-state index is -3.92. The van der Waals surface area contributed by atoms with Crippen molar-refractivity contribution in [2.45, 2.75) is 26.2 Å². The molecule has 140 valence electrons. The van der Waals surface area contributed by atoms with E-state index in [4.69, 9.17) is 13.6 Å². The molecule has 0 aliphatic heterocycles. The van der Waals surface area contributed by atoms with Gasteiger partial charge >= 0.3 is 7.82 Å². The quantitative estimate of drug-likeness (QED) is 0.388. The lowest BCUT2D eigenvalue weighted by atomic mass is 10.1. The van der Waals surface area contributed by atoms with Crippen molar-refractivity contribution in [2.24, 2.45) is 0 Å². The van der Waals surface area contributed by atoms with Gasteiger partial charge in [0.1, 0.15) is 17.2 Å². The molecule has 27 heavy (non-hydrogen) atoms. The van der Waals surface area contributed by atoms with E-state index in [2.05, 4.69) is 6.92 Å². The van der Waals surface area contributed by atoms with Gasteiger partial charge in [0, 0.05) is 0 Å². The molecular formula is C22H23O4P. The van der Waals surface area contributed by atoms with Gasteiger partial charge in [-0.1, -0.05) is 61.9 Å². The van der Waals surface area contributed by atoms with Gasteiger partial charge in [-0.2, -0.15) is 4.57 Å². The van der Waals surface area contributed by atoms with Crippen LogP contribution in [0, 0.1) is 0 Å². The maximum Gasteiger partial charge on any atom is 0.647 e. The van der Waals surface area contributed by atoms with Crippen molar-refractivity contribution in [1.82, 2.24) is 0 Å². The average Bonchev–Trinajstić information content (AvgIpc) is 2.69. The zero-order chi connectivity index (χ0) is 19.0. The molecule has 0 N–H and O–H groups in total. The molecule has 4 nitrogen and oxygen atoms in total. The first-order valence-electron chi connectivity index (χ1n) is 9.05. The number of phosphoric ester groups is 1. The van der Waals surface area contributed by atoms with Crippen LogP contribution in [0.15, 0.2) is 84.9 Å². The second-order valence-electron chi connectivity index (χ2n) is 6.09. The second-order valence-corrected chi connectivity index (χ2v) is 7.54. The predicted molar refractivity (Wildman–Crippen MR) is 107 cm³/mol. The summed E-state index contributed by atoms with van der Waals surface area (Å²) in [6, 6.07) is 25.2. The topological polar surface area (TPSA) is 44.8 Å². The highest BCUT2D eigenvalue weighted by atomic mass is 31.2. The Morgan fingerprint density at radius 3 is 1.56 bits per heavy atom. The first kappa shape index (κ1) is 19.1. The van der Waals surface area contributed by atoms with Crippen LogP contribution in [-0.2, 0) is 11.0 Å². The lowest BCUT2D eigenvalue weighted by Gasteiger charge is -2.19. The van der Waals surface area contributed by atoms with Crippen LogP contribution in [0.2, 0.25) is 0 Å². The Labute approximate surface area is 160 Å². The van der Waals surface area contributed by atoms with E-state index in [1.54, 1.807) is 60.7 Å². The van der Waals surface area contributed by atoms with Gasteiger partial charge in [-0.15, -0.1) is 0 Å². The Kier molecular flexibility index (Phi) is 6.56. The Morgan fingerprint density at radius 2 is 1.11 bits per heavy atom. The van der Waals surface area contributed by atoms with Gasteiger partial charge in [-0.05, 0) is 54.8 Å². The fourth-order valence-electron chi connectivity index (χ4n) is 2.50. The maximum absolute atomic E-state index is 13.3. The monoisotopic (exact) mass is 382 g/mol. The molecule has 3 aromatic rings. The number of benzene rings is 3. The van der Waals surface area contributed by atoms with Crippen molar-refractivity contribution in [1.29, 1.82) is 0 Å². The lowest BCUT2D eigenvalue weighted by Crippen LogP contribution is -2.07. The Hall–Kier alpha value is -2.71. The Balaban J connectivity index is 1.79. The van der Waals surface area contributed by atoms with Gasteiger partial charge in [0.15, 0.2) is 0 Å². The molecule has 0 saturated carbocycles. The van der Waals surface area contributed by atoms with Crippen molar-refractivity contribution < 1.29 is 18.1 Å². The standard InChI is InChI=1S/C22H23O4P/c1-2-3-10-19-15-17-22(18-16-19)26-27(23,24-20-11-6-4-7-12-20)25-21-13-8-5-9-14-21/h4-9,11-18H,2-3,10H2,1H3. The van der Waals surface area contributed by atoms with Crippen molar-refractivity contribution in [3.63, 3.8) is 0 Å². The fraction of sp³-hybridized carbons (Fsp3) is 0.182. The number of aryl methyl sites for hydroxylation is 1. The maximum atomic E-state index is 13.3. The lowest BCUT2D eigenvalue weighted by molar-refractivity contribution is 0.298. The third kappa shape index (κ3) is 5.90. The number of para-hydroxylation sites is 2. The molecular weight excluding hydrogens is 359 g/mol. The first-order valence-corrected chi connectivity index (χ1v) is 10.5. The van der Waals surface area contributed by atoms with E-state index in [9.17, 15) is 4.57 Å². The van der Waals surface area contributed by atoms with Crippen LogP contribution in [0.25, 0.3) is 0 Å². The molecule has 0 bridgehead atoms. The van der Waals surface area contributed by atoms with Crippen molar-refractivity contribution in [3.05, 3.63) is 90.5 Å². The molecule has 3 rings (SSSR count). The highest BCUT2D eigenvalue weighted by Crippen LogP contribution is 2.49. The summed E-state index contributed by atoms with van der Waals surface area (Å²) in [5.74, 6) is 1.26. The number of hydrogen-bond donors (Lipinski definition) is 0. The van der Waals surface area contributed by atoms with Crippen LogP contribution in [0.3, 0.4) is 0 Å². The number of rotatable bonds is 9. The van der Waals surface area contributed by atoms with E-state index in [0.717, 1.165) is 19.3 Å². The second kappa shape index (κ2) is 9.29. The molecule has 0 aromatic heterocycles. The minimum Gasteiger partial charge on any atom is -0.386 e. The summed E-state index contributed by atoms with van der Waals surface area (Å²) in [5, 5.41) is 0. The number of hydrogen-bond acceptors (Lipinski definition) is 4. The molecule has 0 aliphatic rings. The van der Waals surface area contributed by atoms with E-state index in [1.807, 2.05) is 24.3 Å². The van der Waals surface area contributed by atoms with E-state index in [1.165, 1.54) is 5.56 Å². The zero-order valence-corrected chi connectivity index (χ0v) is 16.2. The molecule has 0 heterocycles. The van der Waals surface area contributed by atoms with Crippen LogP contribution in [0.1, 0.15) is 25.3 Å². The summed E-state index contributed by atoms with van der Waals surface area (Å²) < 4.78 is 30.2. The van der Waals surface area contributed by atoms with Gasteiger partial charge in [-0.3, -0.25) is 0 Å². The van der Waals surface area contributed by atoms with Gasteiger partial charge in [0.25, 0.3) is 0 Å². The van der Waals surface area contributed by atoms with E-state index >= 15 is 0 Å². The van der Waals surface area contributed by atoms with E-state index < -0.39 is 7.82 Å². The smallest absolute Gasteiger partial charge is 0.386 e. The fourth-order valence-corrected chi connectivity index (χ4v) is 3.76. The number of phosphoric acid groups is 1. The van der Waals surface area contributed by atoms with Gasteiger partial charge in [0.05, 0.1) is 0 Å². The summed E-state index contributed by atoms with van der Waals surface area (Å²) in [6.07, 6.45) is 3.28. The SMILES string of the molecule is CCCCc1ccc(OP(=O)(Oc2ccccc2)Oc2ccccc2)cc1. The van der Waals surface area contributed by atoms with Crippen molar-refractivity contribution in [2.75, 3.05) is 0 Å². The van der Waals surface area contributed by atoms with Gasteiger partial charge < -0.3 is 13.6 Å². The minimum absolute atomic E-state index is 0.413. The Bertz CT molecular complexity index is 818. The molecule has 0 fully saturated rings. The third-order valence-electron chi connectivity index (χ3n) is 3.88. The summed E-state index contributed by atoms with van der Waals surface area (Å²) >= 11 is 0. The largest absolute Gasteiger partial charge is 0.647 e. The highest BCUT2D eigenvalue weighted by molar-refractivity contribution is 7.49. The highest BCUT2D eigenvalue weighted by Gasteiger charge is 2.33. The van der Waals surface area contributed by atoms with Crippen molar-refractivity contribution >= 4 is 7.82 Å². The summed E-state index contributed by atoms with van der Waals surface area (Å²) in [6.45, 7) is 2.16. The summed E-state index contributed by atoms with van der Waals surface area (Å²) in [7, 11) is -3.92. The van der Waals surface area contributed by atoms with Gasteiger partial charge in [-0.25, -0.2) is 0 Å². The first-order chi connectivity index (χ1) is 13.2. The zero-order valence-electron chi connectivity index (χ0n) is 15.3. The van der Waals surface area contributed by atoms with Crippen LogP contribution in [-0.4, -0.2) is 0 Å². The van der Waals surface area contributed by atoms with Crippen LogP contribution in [0.4, 0.5) is 0 Å². The predicted octanol–water partition coefficient (Wildman–Crippen LogP) is 6.67. The Morgan fingerprint density at radius 1 is 0.667 bits per heavy atom. The number of unbranched alkanes of at least 4 members (excludes halogenated alkanes) is 1. The average molecular weight is 382 g/mol. The molecule has 0 saturated heterocycles. The third-order valence-corrected chi connectivity index (χ3v) is 5.18. The molecule has 5 heteroatoms. The normalized spacial score (nSPS) is 11.0. The van der Waals surface area contributed by atoms with Crippen LogP contribution < -0.4 is 13.6 Å². The van der Waals surface area contributed by atoms with E-state index in [0.29, 0.717) is 17.2 Å². The van der Waals surface area contributed by atoms with Gasteiger partial charge in [0.2, 0.25) is 0 Å². The summed E-state index contributed by atoms with van der Waals surface area (Å²) in [4.78, 5) is 0. The summed E-state index contributed by atoms with van der Waals surface area (Å²) in [5.41, 5.74) is 1.21. The van der Waals surface area contributed by atoms with Crippen LogP contribution >= 0.6 is 7.82 Å². The molecule has 0 unspecified atom stereocenters. The van der Waals surface area contributed by atoms with Crippen molar-refractivity contribution in [3.8, 4) is 17.2 Å². The van der Waals surface area contributed by atoms with Crippen LogP contribution in [0.5, 0.6) is 17.2 Å². The molecule has 0 aliphatic carbocycles. The van der Waals surface area contributed by atoms with E-state index in [-0.39, 0.29) is 0 Å².